The SMILES string of the molecule is COC(=O)c1cc(NC(=O)c2cccc(C)c2C)cc(C(=O)OC)c1. The second kappa shape index (κ2) is 7.61. The van der Waals surface area contributed by atoms with E-state index in [9.17, 15) is 14.4 Å². The van der Waals surface area contributed by atoms with E-state index < -0.39 is 11.9 Å². The largest absolute Gasteiger partial charge is 0.465 e. The van der Waals surface area contributed by atoms with Gasteiger partial charge in [0.2, 0.25) is 0 Å². The van der Waals surface area contributed by atoms with Crippen LogP contribution in [-0.4, -0.2) is 32.1 Å². The lowest BCUT2D eigenvalue weighted by Crippen LogP contribution is -2.15. The Morgan fingerprint density at radius 3 is 1.96 bits per heavy atom. The lowest BCUT2D eigenvalue weighted by Gasteiger charge is -2.11. The summed E-state index contributed by atoms with van der Waals surface area (Å²) in [7, 11) is 2.48. The van der Waals surface area contributed by atoms with Gasteiger partial charge in [-0.1, -0.05) is 12.1 Å². The summed E-state index contributed by atoms with van der Waals surface area (Å²) < 4.78 is 9.36. The van der Waals surface area contributed by atoms with Crippen molar-refractivity contribution in [3.8, 4) is 0 Å². The Morgan fingerprint density at radius 2 is 1.44 bits per heavy atom. The molecule has 2 aromatic carbocycles. The molecule has 6 heteroatoms. The van der Waals surface area contributed by atoms with Crippen molar-refractivity contribution in [1.29, 1.82) is 0 Å². The number of carbonyl (C=O) groups is 3. The molecule has 0 saturated heterocycles. The first-order valence-corrected chi connectivity index (χ1v) is 7.56. The average Bonchev–Trinajstić information content (AvgIpc) is 2.62. The van der Waals surface area contributed by atoms with E-state index in [1.165, 1.54) is 32.4 Å². The first-order chi connectivity index (χ1) is 11.9. The van der Waals surface area contributed by atoms with Gasteiger partial charge in [0.05, 0.1) is 25.3 Å². The number of methoxy groups -OCH3 is 2. The fourth-order valence-corrected chi connectivity index (χ4v) is 2.37. The number of hydrogen-bond donors (Lipinski definition) is 1. The van der Waals surface area contributed by atoms with Crippen LogP contribution in [-0.2, 0) is 9.47 Å². The Morgan fingerprint density at radius 1 is 0.880 bits per heavy atom. The molecule has 0 radical (unpaired) electrons. The maximum Gasteiger partial charge on any atom is 0.337 e. The molecule has 2 rings (SSSR count). The first-order valence-electron chi connectivity index (χ1n) is 7.56. The molecule has 0 aromatic heterocycles. The lowest BCUT2D eigenvalue weighted by molar-refractivity contribution is 0.0599. The monoisotopic (exact) mass is 341 g/mol. The summed E-state index contributed by atoms with van der Waals surface area (Å²) >= 11 is 0. The van der Waals surface area contributed by atoms with E-state index in [-0.39, 0.29) is 17.0 Å². The number of carbonyl (C=O) groups excluding carboxylic acids is 3. The number of rotatable bonds is 4. The molecule has 0 atom stereocenters. The predicted molar refractivity (Wildman–Crippen MR) is 93.0 cm³/mol. The van der Waals surface area contributed by atoms with Gasteiger partial charge in [-0.3, -0.25) is 4.79 Å². The topological polar surface area (TPSA) is 81.7 Å². The highest BCUT2D eigenvalue weighted by Crippen LogP contribution is 2.19. The van der Waals surface area contributed by atoms with Crippen LogP contribution >= 0.6 is 0 Å². The van der Waals surface area contributed by atoms with Gasteiger partial charge in [0.15, 0.2) is 0 Å². The zero-order valence-electron chi connectivity index (χ0n) is 14.5. The van der Waals surface area contributed by atoms with Crippen molar-refractivity contribution in [1.82, 2.24) is 0 Å². The van der Waals surface area contributed by atoms with E-state index in [1.54, 1.807) is 12.1 Å². The summed E-state index contributed by atoms with van der Waals surface area (Å²) in [6.45, 7) is 3.77. The number of aryl methyl sites for hydroxylation is 1. The minimum Gasteiger partial charge on any atom is -0.465 e. The fourth-order valence-electron chi connectivity index (χ4n) is 2.37. The molecule has 0 unspecified atom stereocenters. The lowest BCUT2D eigenvalue weighted by atomic mass is 10.0. The molecule has 0 fully saturated rings. The highest BCUT2D eigenvalue weighted by atomic mass is 16.5. The minimum absolute atomic E-state index is 0.140. The molecular weight excluding hydrogens is 322 g/mol. The molecule has 0 heterocycles. The standard InChI is InChI=1S/C19H19NO5/c1-11-6-5-7-16(12(11)2)17(21)20-15-9-13(18(22)24-3)8-14(10-15)19(23)25-4/h5-10H,1-4H3,(H,20,21). The van der Waals surface area contributed by atoms with Crippen LogP contribution in [0.25, 0.3) is 0 Å². The number of esters is 2. The Balaban J connectivity index is 2.40. The highest BCUT2D eigenvalue weighted by Gasteiger charge is 2.16. The molecule has 0 saturated carbocycles. The number of ether oxygens (including phenoxy) is 2. The van der Waals surface area contributed by atoms with Gasteiger partial charge in [-0.05, 0) is 49.2 Å². The molecule has 0 spiro atoms. The Labute approximate surface area is 145 Å². The summed E-state index contributed by atoms with van der Waals surface area (Å²) in [5.41, 5.74) is 2.95. The Bertz CT molecular complexity index is 807. The minimum atomic E-state index is -0.618. The molecular formula is C19H19NO5. The smallest absolute Gasteiger partial charge is 0.337 e. The van der Waals surface area contributed by atoms with E-state index in [0.717, 1.165) is 11.1 Å². The van der Waals surface area contributed by atoms with Crippen molar-refractivity contribution in [2.45, 2.75) is 13.8 Å². The summed E-state index contributed by atoms with van der Waals surface area (Å²) in [5, 5.41) is 2.71. The van der Waals surface area contributed by atoms with E-state index in [0.29, 0.717) is 11.3 Å². The van der Waals surface area contributed by atoms with Crippen molar-refractivity contribution in [2.24, 2.45) is 0 Å². The van der Waals surface area contributed by atoms with Crippen molar-refractivity contribution in [2.75, 3.05) is 19.5 Å². The van der Waals surface area contributed by atoms with Crippen LogP contribution < -0.4 is 5.32 Å². The number of hydrogen-bond acceptors (Lipinski definition) is 5. The van der Waals surface area contributed by atoms with Crippen molar-refractivity contribution >= 4 is 23.5 Å². The molecule has 130 valence electrons. The molecule has 0 aliphatic heterocycles. The third kappa shape index (κ3) is 4.03. The van der Waals surface area contributed by atoms with Gasteiger partial charge in [0.1, 0.15) is 0 Å². The maximum absolute atomic E-state index is 12.5. The van der Waals surface area contributed by atoms with Crippen LogP contribution in [0.1, 0.15) is 42.2 Å². The molecule has 2 aromatic rings. The van der Waals surface area contributed by atoms with Crippen LogP contribution in [0.3, 0.4) is 0 Å². The van der Waals surface area contributed by atoms with Crippen LogP contribution in [0.2, 0.25) is 0 Å². The van der Waals surface area contributed by atoms with Crippen LogP contribution in [0.15, 0.2) is 36.4 Å². The zero-order chi connectivity index (χ0) is 18.6. The number of anilines is 1. The zero-order valence-corrected chi connectivity index (χ0v) is 14.5. The molecule has 0 aliphatic rings. The van der Waals surface area contributed by atoms with Gasteiger partial charge < -0.3 is 14.8 Å². The quantitative estimate of drug-likeness (QED) is 0.864. The van der Waals surface area contributed by atoms with Crippen LogP contribution in [0.4, 0.5) is 5.69 Å². The first kappa shape index (κ1) is 18.2. The van der Waals surface area contributed by atoms with Gasteiger partial charge in [-0.15, -0.1) is 0 Å². The van der Waals surface area contributed by atoms with Crippen molar-refractivity contribution in [3.63, 3.8) is 0 Å². The predicted octanol–water partition coefficient (Wildman–Crippen LogP) is 3.13. The molecule has 0 bridgehead atoms. The highest BCUT2D eigenvalue weighted by molar-refractivity contribution is 6.07. The number of nitrogens with one attached hydrogen (secondary N) is 1. The van der Waals surface area contributed by atoms with Crippen molar-refractivity contribution in [3.05, 3.63) is 64.2 Å². The Kier molecular flexibility index (Phi) is 5.54. The van der Waals surface area contributed by atoms with Crippen LogP contribution in [0, 0.1) is 13.8 Å². The molecule has 1 N–H and O–H groups in total. The third-order valence-corrected chi connectivity index (χ3v) is 3.88. The van der Waals surface area contributed by atoms with Crippen molar-refractivity contribution < 1.29 is 23.9 Å². The fraction of sp³-hybridized carbons (Fsp3) is 0.211. The number of benzene rings is 2. The second-order valence-electron chi connectivity index (χ2n) is 5.48. The van der Waals surface area contributed by atoms with Gasteiger partial charge in [-0.25, -0.2) is 9.59 Å². The van der Waals surface area contributed by atoms with Crippen LogP contribution in [0.5, 0.6) is 0 Å². The normalized spacial score (nSPS) is 10.1. The van der Waals surface area contributed by atoms with Gasteiger partial charge >= 0.3 is 11.9 Å². The molecule has 0 aliphatic carbocycles. The molecule has 1 amide bonds. The molecule has 6 nitrogen and oxygen atoms in total. The van der Waals surface area contributed by atoms with Gasteiger partial charge in [0.25, 0.3) is 5.91 Å². The summed E-state index contributed by atoms with van der Waals surface area (Å²) in [5.74, 6) is -1.57. The van der Waals surface area contributed by atoms with E-state index in [4.69, 9.17) is 0 Å². The Hall–Kier alpha value is -3.15. The van der Waals surface area contributed by atoms with E-state index >= 15 is 0 Å². The molecule has 25 heavy (non-hydrogen) atoms. The maximum atomic E-state index is 12.5. The van der Waals surface area contributed by atoms with Gasteiger partial charge in [-0.2, -0.15) is 0 Å². The summed E-state index contributed by atoms with van der Waals surface area (Å²) in [6, 6.07) is 9.66. The third-order valence-electron chi connectivity index (χ3n) is 3.88. The number of amides is 1. The summed E-state index contributed by atoms with van der Waals surface area (Å²) in [4.78, 5) is 36.1. The van der Waals surface area contributed by atoms with E-state index in [1.807, 2.05) is 19.9 Å². The second-order valence-corrected chi connectivity index (χ2v) is 5.48. The van der Waals surface area contributed by atoms with E-state index in [2.05, 4.69) is 14.8 Å². The summed E-state index contributed by atoms with van der Waals surface area (Å²) in [6.07, 6.45) is 0. The van der Waals surface area contributed by atoms with Gasteiger partial charge in [0, 0.05) is 11.3 Å². The average molecular weight is 341 g/mol.